The average Bonchev–Trinajstić information content (AvgIpc) is 3.05. The maximum absolute atomic E-state index is 12.2. The van der Waals surface area contributed by atoms with Crippen LogP contribution in [0, 0.1) is 0 Å². The summed E-state index contributed by atoms with van der Waals surface area (Å²) in [6.45, 7) is 7.64. The molecule has 0 saturated carbocycles. The van der Waals surface area contributed by atoms with Crippen LogP contribution in [0.25, 0.3) is 5.65 Å². The van der Waals surface area contributed by atoms with Gasteiger partial charge in [0, 0.05) is 43.4 Å². The van der Waals surface area contributed by atoms with E-state index in [1.54, 1.807) is 16.9 Å². The fourth-order valence-electron chi connectivity index (χ4n) is 3.94. The maximum atomic E-state index is 12.2. The van der Waals surface area contributed by atoms with Crippen molar-refractivity contribution in [1.29, 1.82) is 0 Å². The third kappa shape index (κ3) is 3.07. The molecule has 1 aromatic carbocycles. The highest BCUT2D eigenvalue weighted by Crippen LogP contribution is 2.38. The summed E-state index contributed by atoms with van der Waals surface area (Å²) in [6, 6.07) is 5.85. The Morgan fingerprint density at radius 2 is 2.10 bits per heavy atom. The molecule has 2 aliphatic heterocycles. The van der Waals surface area contributed by atoms with Crippen LogP contribution in [0.3, 0.4) is 0 Å². The number of hydrogen-bond acceptors (Lipinski definition) is 7. The number of aromatic nitrogens is 4. The number of hydrogen-bond donors (Lipinski definition) is 3. The van der Waals surface area contributed by atoms with Gasteiger partial charge in [-0.25, -0.2) is 9.50 Å². The topological polar surface area (TPSA) is 99.5 Å². The van der Waals surface area contributed by atoms with Gasteiger partial charge in [0.1, 0.15) is 0 Å². The minimum atomic E-state index is -0.516. The van der Waals surface area contributed by atoms with Crippen molar-refractivity contribution < 1.29 is 4.79 Å². The van der Waals surface area contributed by atoms with E-state index in [0.29, 0.717) is 5.95 Å². The number of nitrogens with one attached hydrogen (secondary N) is 3. The Balaban J connectivity index is 1.44. The van der Waals surface area contributed by atoms with Gasteiger partial charge in [0.15, 0.2) is 11.5 Å². The Hall–Kier alpha value is -3.20. The van der Waals surface area contributed by atoms with Gasteiger partial charge in [0.25, 0.3) is 0 Å². The van der Waals surface area contributed by atoms with Crippen molar-refractivity contribution in [3.05, 3.63) is 36.2 Å². The first kappa shape index (κ1) is 17.9. The minimum absolute atomic E-state index is 0.0122. The van der Waals surface area contributed by atoms with Crippen LogP contribution in [-0.2, 0) is 10.2 Å². The van der Waals surface area contributed by atoms with Gasteiger partial charge in [-0.15, -0.1) is 5.10 Å². The molecule has 0 atom stereocenters. The van der Waals surface area contributed by atoms with Crippen molar-refractivity contribution in [3.8, 4) is 0 Å². The Morgan fingerprint density at radius 1 is 1.21 bits per heavy atom. The van der Waals surface area contributed by atoms with Crippen LogP contribution in [0.15, 0.2) is 30.6 Å². The van der Waals surface area contributed by atoms with E-state index in [0.717, 1.165) is 61.0 Å². The maximum Gasteiger partial charge on any atom is 0.247 e. The number of carbonyl (C=O) groups excluding carboxylic acids is 1. The smallest absolute Gasteiger partial charge is 0.247 e. The molecule has 5 rings (SSSR count). The quantitative estimate of drug-likeness (QED) is 0.626. The SMILES string of the molecule is CC1(C)C(=O)Nc2cc(Nc3nc4c(N5CCCNCC5)nccn4n3)ccc21. The van der Waals surface area contributed by atoms with Crippen LogP contribution < -0.4 is 20.9 Å². The fourth-order valence-corrected chi connectivity index (χ4v) is 3.94. The zero-order valence-electron chi connectivity index (χ0n) is 16.6. The predicted octanol–water partition coefficient (Wildman–Crippen LogP) is 1.90. The summed E-state index contributed by atoms with van der Waals surface area (Å²) < 4.78 is 1.75. The molecule has 1 fully saturated rings. The first-order valence-corrected chi connectivity index (χ1v) is 9.92. The van der Waals surface area contributed by atoms with Crippen LogP contribution in [0.4, 0.5) is 23.1 Å². The second-order valence-corrected chi connectivity index (χ2v) is 8.01. The van der Waals surface area contributed by atoms with E-state index >= 15 is 0 Å². The molecule has 0 radical (unpaired) electrons. The number of nitrogens with zero attached hydrogens (tertiary/aromatic N) is 5. The molecule has 9 nitrogen and oxygen atoms in total. The molecule has 2 aromatic heterocycles. The van der Waals surface area contributed by atoms with E-state index in [4.69, 9.17) is 0 Å². The second-order valence-electron chi connectivity index (χ2n) is 8.01. The van der Waals surface area contributed by atoms with Crippen LogP contribution >= 0.6 is 0 Å². The van der Waals surface area contributed by atoms with Crippen molar-refractivity contribution in [3.63, 3.8) is 0 Å². The molecule has 0 bridgehead atoms. The average molecular weight is 392 g/mol. The van der Waals surface area contributed by atoms with Gasteiger partial charge >= 0.3 is 0 Å². The van der Waals surface area contributed by atoms with E-state index in [9.17, 15) is 4.79 Å². The lowest BCUT2D eigenvalue weighted by atomic mass is 9.86. The number of carbonyl (C=O) groups is 1. The second kappa shape index (κ2) is 6.70. The van der Waals surface area contributed by atoms with E-state index < -0.39 is 5.41 Å². The molecule has 150 valence electrons. The lowest BCUT2D eigenvalue weighted by Gasteiger charge is -2.20. The molecule has 2 aliphatic rings. The summed E-state index contributed by atoms with van der Waals surface area (Å²) in [6.07, 6.45) is 4.63. The van der Waals surface area contributed by atoms with Crippen molar-refractivity contribution in [2.45, 2.75) is 25.7 Å². The van der Waals surface area contributed by atoms with Gasteiger partial charge in [0.2, 0.25) is 11.9 Å². The third-order valence-electron chi connectivity index (χ3n) is 5.64. The molecular formula is C20H24N8O. The summed E-state index contributed by atoms with van der Waals surface area (Å²) in [7, 11) is 0. The van der Waals surface area contributed by atoms with Crippen LogP contribution in [0.1, 0.15) is 25.8 Å². The zero-order valence-corrected chi connectivity index (χ0v) is 16.6. The van der Waals surface area contributed by atoms with E-state index in [1.165, 1.54) is 0 Å². The molecule has 3 aromatic rings. The van der Waals surface area contributed by atoms with Gasteiger partial charge < -0.3 is 20.9 Å². The molecular weight excluding hydrogens is 368 g/mol. The molecule has 4 heterocycles. The van der Waals surface area contributed by atoms with Gasteiger partial charge in [-0.3, -0.25) is 4.79 Å². The molecule has 1 saturated heterocycles. The zero-order chi connectivity index (χ0) is 20.0. The number of amides is 1. The molecule has 0 spiro atoms. The summed E-state index contributed by atoms with van der Waals surface area (Å²) in [5.74, 6) is 1.36. The number of rotatable bonds is 3. The lowest BCUT2D eigenvalue weighted by molar-refractivity contribution is -0.119. The first-order valence-electron chi connectivity index (χ1n) is 9.92. The highest BCUT2D eigenvalue weighted by atomic mass is 16.2. The van der Waals surface area contributed by atoms with Gasteiger partial charge in [-0.05, 0) is 44.5 Å². The van der Waals surface area contributed by atoms with Crippen molar-refractivity contribution >= 4 is 34.7 Å². The number of anilines is 4. The minimum Gasteiger partial charge on any atom is -0.352 e. The third-order valence-corrected chi connectivity index (χ3v) is 5.64. The number of benzene rings is 1. The highest BCUT2D eigenvalue weighted by molar-refractivity contribution is 6.06. The molecule has 1 amide bonds. The van der Waals surface area contributed by atoms with E-state index in [1.807, 2.05) is 32.0 Å². The fraction of sp³-hybridized carbons (Fsp3) is 0.400. The molecule has 0 unspecified atom stereocenters. The van der Waals surface area contributed by atoms with E-state index in [-0.39, 0.29) is 5.91 Å². The number of fused-ring (bicyclic) bond motifs is 2. The molecule has 3 N–H and O–H groups in total. The normalized spacial score (nSPS) is 18.4. The Labute approximate surface area is 168 Å². The Bertz CT molecular complexity index is 1080. The van der Waals surface area contributed by atoms with Crippen molar-refractivity contribution in [1.82, 2.24) is 24.9 Å². The molecule has 9 heteroatoms. The molecule has 29 heavy (non-hydrogen) atoms. The van der Waals surface area contributed by atoms with Crippen molar-refractivity contribution in [2.75, 3.05) is 41.7 Å². The lowest BCUT2D eigenvalue weighted by Crippen LogP contribution is -2.29. The molecule has 0 aliphatic carbocycles. The van der Waals surface area contributed by atoms with Crippen LogP contribution in [0.5, 0.6) is 0 Å². The summed E-state index contributed by atoms with van der Waals surface area (Å²) in [4.78, 5) is 23.7. The van der Waals surface area contributed by atoms with Crippen LogP contribution in [0.2, 0.25) is 0 Å². The monoisotopic (exact) mass is 392 g/mol. The first-order chi connectivity index (χ1) is 14.0. The summed E-state index contributed by atoms with van der Waals surface area (Å²) >= 11 is 0. The van der Waals surface area contributed by atoms with Crippen molar-refractivity contribution in [2.24, 2.45) is 0 Å². The van der Waals surface area contributed by atoms with Gasteiger partial charge in [0.05, 0.1) is 5.41 Å². The largest absolute Gasteiger partial charge is 0.352 e. The standard InChI is InChI=1S/C20H24N8O/c1-20(2)14-5-4-13(12-15(14)24-18(20)29)23-19-25-17-16(22-8-11-28(17)26-19)27-9-3-6-21-7-10-27/h4-5,8,11-12,21H,3,6-7,9-10H2,1-2H3,(H,23,26)(H,24,29). The highest BCUT2D eigenvalue weighted by Gasteiger charge is 2.38. The Kier molecular flexibility index (Phi) is 4.13. The Morgan fingerprint density at radius 3 is 3.00 bits per heavy atom. The predicted molar refractivity (Wildman–Crippen MR) is 112 cm³/mol. The van der Waals surface area contributed by atoms with E-state index in [2.05, 4.69) is 35.9 Å². The van der Waals surface area contributed by atoms with Gasteiger partial charge in [-0.1, -0.05) is 6.07 Å². The summed E-state index contributed by atoms with van der Waals surface area (Å²) in [5.41, 5.74) is 2.86. The van der Waals surface area contributed by atoms with Crippen LogP contribution in [-0.4, -0.2) is 51.7 Å². The summed E-state index contributed by atoms with van der Waals surface area (Å²) in [5, 5.41) is 14.2. The van der Waals surface area contributed by atoms with Gasteiger partial charge in [-0.2, -0.15) is 4.98 Å².